The van der Waals surface area contributed by atoms with E-state index >= 15 is 0 Å². The minimum atomic E-state index is -0.340. The Bertz CT molecular complexity index is 787. The maximum absolute atomic E-state index is 13.4. The van der Waals surface area contributed by atoms with Crippen LogP contribution in [0.3, 0.4) is 0 Å². The van der Waals surface area contributed by atoms with Crippen LogP contribution in [-0.4, -0.2) is 56.9 Å². The molecule has 0 aliphatic carbocycles. The van der Waals surface area contributed by atoms with Gasteiger partial charge in [0.05, 0.1) is 17.4 Å². The van der Waals surface area contributed by atoms with Gasteiger partial charge in [-0.2, -0.15) is 0 Å². The molecule has 1 amide bonds. The molecule has 0 radical (unpaired) electrons. The second kappa shape index (κ2) is 6.50. The lowest BCUT2D eigenvalue weighted by Crippen LogP contribution is -2.39. The normalized spacial score (nSPS) is 26.5. The molecule has 2 aromatic heterocycles. The third kappa shape index (κ3) is 2.82. The molecule has 2 fully saturated rings. The highest BCUT2D eigenvalue weighted by atomic mass is 16.2. The smallest absolute Gasteiger partial charge is 0.231 e. The molecule has 1 spiro atoms. The van der Waals surface area contributed by atoms with E-state index in [9.17, 15) is 4.79 Å². The molecule has 2 aliphatic heterocycles. The topological polar surface area (TPSA) is 54.3 Å². The van der Waals surface area contributed by atoms with Gasteiger partial charge in [-0.3, -0.25) is 9.78 Å². The Balaban J connectivity index is 1.60. The van der Waals surface area contributed by atoms with Crippen LogP contribution in [0.4, 0.5) is 0 Å². The maximum atomic E-state index is 13.4. The Kier molecular flexibility index (Phi) is 4.31. The zero-order valence-electron chi connectivity index (χ0n) is 15.8. The van der Waals surface area contributed by atoms with Crippen LogP contribution in [0.25, 0.3) is 0 Å². The zero-order chi connectivity index (χ0) is 18.3. The number of hydrogen-bond acceptors (Lipinski definition) is 4. The van der Waals surface area contributed by atoms with E-state index in [1.165, 1.54) is 0 Å². The summed E-state index contributed by atoms with van der Waals surface area (Å²) in [5.41, 5.74) is 1.80. The molecule has 6 nitrogen and oxygen atoms in total. The highest BCUT2D eigenvalue weighted by Gasteiger charge is 2.57. The van der Waals surface area contributed by atoms with Crippen molar-refractivity contribution < 1.29 is 4.79 Å². The Morgan fingerprint density at radius 1 is 1.38 bits per heavy atom. The lowest BCUT2D eigenvalue weighted by atomic mass is 9.75. The van der Waals surface area contributed by atoms with E-state index in [0.29, 0.717) is 12.6 Å². The molecule has 0 N–H and O–H groups in total. The van der Waals surface area contributed by atoms with Gasteiger partial charge >= 0.3 is 0 Å². The molecule has 2 aliphatic rings. The highest BCUT2D eigenvalue weighted by Crippen LogP contribution is 2.49. The van der Waals surface area contributed by atoms with Crippen molar-refractivity contribution in [3.63, 3.8) is 0 Å². The minimum absolute atomic E-state index is 0.166. The predicted octanol–water partition coefficient (Wildman–Crippen LogP) is 2.31. The number of amides is 1. The summed E-state index contributed by atoms with van der Waals surface area (Å²) in [5, 5.41) is 0. The quantitative estimate of drug-likeness (QED) is 0.846. The summed E-state index contributed by atoms with van der Waals surface area (Å²) in [6, 6.07) is 4.34. The van der Waals surface area contributed by atoms with Gasteiger partial charge in [-0.15, -0.1) is 0 Å². The molecule has 2 saturated heterocycles. The van der Waals surface area contributed by atoms with Gasteiger partial charge in [0, 0.05) is 56.7 Å². The second-order valence-corrected chi connectivity index (χ2v) is 8.08. The second-order valence-electron chi connectivity index (χ2n) is 8.08. The summed E-state index contributed by atoms with van der Waals surface area (Å²) in [5.74, 6) is 0.439. The molecule has 0 unspecified atom stereocenters. The fourth-order valence-corrected chi connectivity index (χ4v) is 4.53. The van der Waals surface area contributed by atoms with Crippen molar-refractivity contribution in [1.29, 1.82) is 0 Å². The summed E-state index contributed by atoms with van der Waals surface area (Å²) in [7, 11) is 2.11. The third-order valence-corrected chi connectivity index (χ3v) is 5.93. The lowest BCUT2D eigenvalue weighted by Gasteiger charge is -2.28. The molecule has 4 heterocycles. The summed E-state index contributed by atoms with van der Waals surface area (Å²) in [6.45, 7) is 7.46. The van der Waals surface area contributed by atoms with Crippen molar-refractivity contribution in [3.8, 4) is 0 Å². The number of carbonyl (C=O) groups excluding carboxylic acids is 1. The van der Waals surface area contributed by atoms with Gasteiger partial charge in [0.2, 0.25) is 5.91 Å². The first-order valence-electron chi connectivity index (χ1n) is 9.40. The standard InChI is InChI=1S/C20H27N5O/c1-15(2)25-12-18(22-14-25)17-11-23(3)13-20(17)6-8-24(19(20)26)10-16-5-4-7-21-9-16/h4-5,7,9,12,14-15,17H,6,8,10-11,13H2,1-3H3/t17-,20-/m1/s1. The van der Waals surface area contributed by atoms with Crippen LogP contribution >= 0.6 is 0 Å². The monoisotopic (exact) mass is 353 g/mol. The molecule has 6 heteroatoms. The van der Waals surface area contributed by atoms with Crippen LogP contribution in [0.1, 0.15) is 43.5 Å². The first-order valence-corrected chi connectivity index (χ1v) is 9.40. The molecular weight excluding hydrogens is 326 g/mol. The largest absolute Gasteiger partial charge is 0.338 e. The molecule has 0 bridgehead atoms. The summed E-state index contributed by atoms with van der Waals surface area (Å²) < 4.78 is 2.13. The number of hydrogen-bond donors (Lipinski definition) is 0. The molecule has 0 saturated carbocycles. The van der Waals surface area contributed by atoms with E-state index in [-0.39, 0.29) is 17.2 Å². The predicted molar refractivity (Wildman–Crippen MR) is 99.6 cm³/mol. The van der Waals surface area contributed by atoms with Crippen molar-refractivity contribution in [2.45, 2.75) is 38.8 Å². The number of nitrogens with zero attached hydrogens (tertiary/aromatic N) is 5. The summed E-state index contributed by atoms with van der Waals surface area (Å²) in [4.78, 5) is 26.6. The van der Waals surface area contributed by atoms with Gasteiger partial charge in [0.25, 0.3) is 0 Å². The number of likely N-dealkylation sites (tertiary alicyclic amines) is 2. The van der Waals surface area contributed by atoms with E-state index in [4.69, 9.17) is 0 Å². The van der Waals surface area contributed by atoms with Gasteiger partial charge in [-0.25, -0.2) is 4.98 Å². The average molecular weight is 353 g/mol. The van der Waals surface area contributed by atoms with E-state index in [1.807, 2.05) is 29.6 Å². The lowest BCUT2D eigenvalue weighted by molar-refractivity contribution is -0.136. The highest BCUT2D eigenvalue weighted by molar-refractivity contribution is 5.86. The van der Waals surface area contributed by atoms with Crippen molar-refractivity contribution in [1.82, 2.24) is 24.3 Å². The third-order valence-electron chi connectivity index (χ3n) is 5.93. The van der Waals surface area contributed by atoms with Gasteiger partial charge < -0.3 is 14.4 Å². The fourth-order valence-electron chi connectivity index (χ4n) is 4.53. The molecular formula is C20H27N5O. The number of pyridine rings is 1. The van der Waals surface area contributed by atoms with E-state index in [1.54, 1.807) is 6.20 Å². The minimum Gasteiger partial charge on any atom is -0.338 e. The van der Waals surface area contributed by atoms with Crippen molar-refractivity contribution in [3.05, 3.63) is 48.3 Å². The average Bonchev–Trinajstić information content (AvgIpc) is 3.30. The number of carbonyl (C=O) groups is 1. The van der Waals surface area contributed by atoms with Crippen LogP contribution in [0.15, 0.2) is 37.1 Å². The summed E-state index contributed by atoms with van der Waals surface area (Å²) >= 11 is 0. The number of rotatable bonds is 4. The van der Waals surface area contributed by atoms with Crippen LogP contribution < -0.4 is 0 Å². The molecule has 2 aromatic rings. The summed E-state index contributed by atoms with van der Waals surface area (Å²) in [6.07, 6.45) is 8.55. The SMILES string of the molecule is CC(C)n1cnc([C@H]2CN(C)C[C@]23CCN(Cc2cccnc2)C3=O)c1. The van der Waals surface area contributed by atoms with Gasteiger partial charge in [0.1, 0.15) is 0 Å². The Hall–Kier alpha value is -2.21. The van der Waals surface area contributed by atoms with E-state index in [0.717, 1.165) is 37.3 Å². The molecule has 0 aromatic carbocycles. The molecule has 4 rings (SSSR count). The number of likely N-dealkylation sites (N-methyl/N-ethyl adjacent to an activating group) is 1. The molecule has 138 valence electrons. The first-order chi connectivity index (χ1) is 12.5. The van der Waals surface area contributed by atoms with Gasteiger partial charge in [-0.1, -0.05) is 6.07 Å². The Morgan fingerprint density at radius 2 is 2.23 bits per heavy atom. The van der Waals surface area contributed by atoms with Gasteiger partial charge in [-0.05, 0) is 38.9 Å². The maximum Gasteiger partial charge on any atom is 0.231 e. The van der Waals surface area contributed by atoms with E-state index < -0.39 is 0 Å². The van der Waals surface area contributed by atoms with E-state index in [2.05, 4.69) is 46.5 Å². The van der Waals surface area contributed by atoms with Crippen LogP contribution in [0, 0.1) is 5.41 Å². The van der Waals surface area contributed by atoms with Crippen molar-refractivity contribution in [2.75, 3.05) is 26.7 Å². The van der Waals surface area contributed by atoms with Gasteiger partial charge in [0.15, 0.2) is 0 Å². The van der Waals surface area contributed by atoms with Crippen LogP contribution in [0.2, 0.25) is 0 Å². The van der Waals surface area contributed by atoms with Crippen molar-refractivity contribution in [2.24, 2.45) is 5.41 Å². The first kappa shape index (κ1) is 17.2. The number of aromatic nitrogens is 3. The van der Waals surface area contributed by atoms with Crippen LogP contribution in [0.5, 0.6) is 0 Å². The zero-order valence-corrected chi connectivity index (χ0v) is 15.8. The Labute approximate surface area is 154 Å². The van der Waals surface area contributed by atoms with Crippen LogP contribution in [-0.2, 0) is 11.3 Å². The molecule has 2 atom stereocenters. The number of imidazole rings is 1. The fraction of sp³-hybridized carbons (Fsp3) is 0.550. The van der Waals surface area contributed by atoms with Crippen molar-refractivity contribution >= 4 is 5.91 Å². The molecule has 26 heavy (non-hydrogen) atoms. The Morgan fingerprint density at radius 3 is 2.92 bits per heavy atom.